The van der Waals surface area contributed by atoms with Gasteiger partial charge in [-0.3, -0.25) is 9.59 Å². The monoisotopic (exact) mass is 298 g/mol. The van der Waals surface area contributed by atoms with Gasteiger partial charge in [0.25, 0.3) is 0 Å². The van der Waals surface area contributed by atoms with Crippen LogP contribution < -0.4 is 5.32 Å². The van der Waals surface area contributed by atoms with Crippen molar-refractivity contribution >= 4 is 23.4 Å². The molecule has 1 fully saturated rings. The summed E-state index contributed by atoms with van der Waals surface area (Å²) in [6.07, 6.45) is 1.36. The van der Waals surface area contributed by atoms with Crippen LogP contribution in [0.3, 0.4) is 0 Å². The first-order valence-electron chi connectivity index (χ1n) is 6.54. The number of amides is 2. The molecule has 0 bridgehead atoms. The first-order valence-corrected chi connectivity index (χ1v) is 6.91. The molecule has 1 aromatic carbocycles. The Kier molecular flexibility index (Phi) is 4.60. The van der Waals surface area contributed by atoms with Crippen molar-refractivity contribution < 1.29 is 14.0 Å². The molecule has 2 amide bonds. The van der Waals surface area contributed by atoms with Gasteiger partial charge in [0.05, 0.1) is 13.1 Å². The van der Waals surface area contributed by atoms with Gasteiger partial charge in [-0.25, -0.2) is 4.39 Å². The Labute approximate surface area is 121 Å². The van der Waals surface area contributed by atoms with E-state index in [0.717, 1.165) is 6.42 Å². The molecule has 1 unspecified atom stereocenters. The fourth-order valence-corrected chi connectivity index (χ4v) is 2.49. The summed E-state index contributed by atoms with van der Waals surface area (Å²) in [6.45, 7) is 1.88. The SMILES string of the molecule is CCCC1NC(=O)CN(Cc2c(F)cccc2Cl)C1=O. The van der Waals surface area contributed by atoms with Crippen LogP contribution in [0.2, 0.25) is 5.02 Å². The third-order valence-electron chi connectivity index (χ3n) is 3.27. The van der Waals surface area contributed by atoms with E-state index in [-0.39, 0.29) is 35.5 Å². The smallest absolute Gasteiger partial charge is 0.245 e. The molecule has 0 aromatic heterocycles. The Morgan fingerprint density at radius 2 is 2.20 bits per heavy atom. The van der Waals surface area contributed by atoms with Gasteiger partial charge < -0.3 is 10.2 Å². The number of nitrogens with one attached hydrogen (secondary N) is 1. The third-order valence-corrected chi connectivity index (χ3v) is 3.62. The van der Waals surface area contributed by atoms with Crippen molar-refractivity contribution in [3.05, 3.63) is 34.6 Å². The lowest BCUT2D eigenvalue weighted by Gasteiger charge is -2.32. The molecule has 1 aliphatic rings. The van der Waals surface area contributed by atoms with E-state index in [4.69, 9.17) is 11.6 Å². The summed E-state index contributed by atoms with van der Waals surface area (Å²) >= 11 is 5.95. The fourth-order valence-electron chi connectivity index (χ4n) is 2.27. The summed E-state index contributed by atoms with van der Waals surface area (Å²) in [5, 5.41) is 2.92. The number of hydrogen-bond donors (Lipinski definition) is 1. The van der Waals surface area contributed by atoms with Crippen molar-refractivity contribution in [2.24, 2.45) is 0 Å². The number of carbonyl (C=O) groups is 2. The maximum Gasteiger partial charge on any atom is 0.245 e. The van der Waals surface area contributed by atoms with Crippen LogP contribution in [0.25, 0.3) is 0 Å². The van der Waals surface area contributed by atoms with Gasteiger partial charge in [0.1, 0.15) is 11.9 Å². The number of rotatable bonds is 4. The molecule has 1 atom stereocenters. The number of carbonyl (C=O) groups excluding carboxylic acids is 2. The lowest BCUT2D eigenvalue weighted by Crippen LogP contribution is -2.57. The van der Waals surface area contributed by atoms with Crippen molar-refractivity contribution in [1.29, 1.82) is 0 Å². The van der Waals surface area contributed by atoms with Gasteiger partial charge >= 0.3 is 0 Å². The zero-order valence-corrected chi connectivity index (χ0v) is 11.9. The number of piperazine rings is 1. The standard InChI is InChI=1S/C14H16ClFN2O2/c1-2-4-12-14(20)18(8-13(19)17-12)7-9-10(15)5-3-6-11(9)16/h3,5-6,12H,2,4,7-8H2,1H3,(H,17,19). The maximum absolute atomic E-state index is 13.8. The Morgan fingerprint density at radius 1 is 1.45 bits per heavy atom. The summed E-state index contributed by atoms with van der Waals surface area (Å²) in [5.74, 6) is -0.885. The van der Waals surface area contributed by atoms with Crippen LogP contribution in [-0.2, 0) is 16.1 Å². The molecule has 108 valence electrons. The van der Waals surface area contributed by atoms with E-state index in [9.17, 15) is 14.0 Å². The molecule has 1 heterocycles. The number of halogens is 2. The summed E-state index contributed by atoms with van der Waals surface area (Å²) in [6, 6.07) is 3.84. The number of nitrogens with zero attached hydrogens (tertiary/aromatic N) is 1. The number of hydrogen-bond acceptors (Lipinski definition) is 2. The molecule has 2 rings (SSSR count). The van der Waals surface area contributed by atoms with Crippen LogP contribution >= 0.6 is 11.6 Å². The van der Waals surface area contributed by atoms with Gasteiger partial charge in [-0.1, -0.05) is 31.0 Å². The highest BCUT2D eigenvalue weighted by atomic mass is 35.5. The molecule has 0 aliphatic carbocycles. The highest BCUT2D eigenvalue weighted by Gasteiger charge is 2.32. The topological polar surface area (TPSA) is 49.4 Å². The molecule has 1 saturated heterocycles. The lowest BCUT2D eigenvalue weighted by atomic mass is 10.1. The van der Waals surface area contributed by atoms with Crippen molar-refractivity contribution in [1.82, 2.24) is 10.2 Å². The minimum absolute atomic E-state index is 0.0119. The minimum atomic E-state index is -0.521. The van der Waals surface area contributed by atoms with E-state index in [2.05, 4.69) is 5.32 Å². The molecule has 20 heavy (non-hydrogen) atoms. The normalized spacial score (nSPS) is 19.1. The van der Waals surface area contributed by atoms with Crippen LogP contribution in [0, 0.1) is 5.82 Å². The van der Waals surface area contributed by atoms with E-state index in [1.807, 2.05) is 6.92 Å². The third kappa shape index (κ3) is 3.10. The summed E-state index contributed by atoms with van der Waals surface area (Å²) < 4.78 is 13.8. The van der Waals surface area contributed by atoms with Crippen molar-refractivity contribution in [3.8, 4) is 0 Å². The van der Waals surface area contributed by atoms with E-state index in [1.165, 1.54) is 17.0 Å². The van der Waals surface area contributed by atoms with E-state index < -0.39 is 11.9 Å². The predicted molar refractivity (Wildman–Crippen MR) is 73.7 cm³/mol. The average molecular weight is 299 g/mol. The molecule has 0 radical (unpaired) electrons. The summed E-state index contributed by atoms with van der Waals surface area (Å²) in [5.41, 5.74) is 0.243. The molecule has 1 aromatic rings. The Balaban J connectivity index is 2.19. The molecule has 1 aliphatic heterocycles. The second-order valence-electron chi connectivity index (χ2n) is 4.80. The van der Waals surface area contributed by atoms with Crippen molar-refractivity contribution in [2.75, 3.05) is 6.54 Å². The van der Waals surface area contributed by atoms with Crippen molar-refractivity contribution in [2.45, 2.75) is 32.4 Å². The number of benzene rings is 1. The van der Waals surface area contributed by atoms with Gasteiger partial charge in [-0.05, 0) is 18.6 Å². The van der Waals surface area contributed by atoms with Crippen LogP contribution in [0.1, 0.15) is 25.3 Å². The maximum atomic E-state index is 13.8. The zero-order chi connectivity index (χ0) is 14.7. The van der Waals surface area contributed by atoms with Gasteiger partial charge in [0.2, 0.25) is 11.8 Å². The van der Waals surface area contributed by atoms with E-state index in [1.54, 1.807) is 6.07 Å². The second kappa shape index (κ2) is 6.22. The Morgan fingerprint density at radius 3 is 2.85 bits per heavy atom. The molecule has 4 nitrogen and oxygen atoms in total. The van der Waals surface area contributed by atoms with Crippen LogP contribution in [0.15, 0.2) is 18.2 Å². The molecule has 0 saturated carbocycles. The Hall–Kier alpha value is -1.62. The zero-order valence-electron chi connectivity index (χ0n) is 11.2. The quantitative estimate of drug-likeness (QED) is 0.925. The second-order valence-corrected chi connectivity index (χ2v) is 5.21. The largest absolute Gasteiger partial charge is 0.343 e. The summed E-state index contributed by atoms with van der Waals surface area (Å²) in [4.78, 5) is 25.2. The predicted octanol–water partition coefficient (Wildman–Crippen LogP) is 2.11. The first kappa shape index (κ1) is 14.8. The molecule has 0 spiro atoms. The fraction of sp³-hybridized carbons (Fsp3) is 0.429. The molecular formula is C14H16ClFN2O2. The Bertz CT molecular complexity index is 516. The van der Waals surface area contributed by atoms with E-state index >= 15 is 0 Å². The average Bonchev–Trinajstić information content (AvgIpc) is 2.39. The van der Waals surface area contributed by atoms with Crippen LogP contribution in [-0.4, -0.2) is 29.3 Å². The van der Waals surface area contributed by atoms with E-state index in [0.29, 0.717) is 6.42 Å². The first-order chi connectivity index (χ1) is 9.52. The molecule has 1 N–H and O–H groups in total. The lowest BCUT2D eigenvalue weighted by molar-refractivity contribution is -0.145. The highest BCUT2D eigenvalue weighted by Crippen LogP contribution is 2.22. The van der Waals surface area contributed by atoms with Gasteiger partial charge in [0, 0.05) is 10.6 Å². The molecular weight excluding hydrogens is 283 g/mol. The highest BCUT2D eigenvalue weighted by molar-refractivity contribution is 6.31. The minimum Gasteiger partial charge on any atom is -0.343 e. The van der Waals surface area contributed by atoms with Crippen LogP contribution in [0.5, 0.6) is 0 Å². The van der Waals surface area contributed by atoms with Crippen LogP contribution in [0.4, 0.5) is 4.39 Å². The summed E-state index contributed by atoms with van der Waals surface area (Å²) in [7, 11) is 0. The van der Waals surface area contributed by atoms with Crippen molar-refractivity contribution in [3.63, 3.8) is 0 Å². The van der Waals surface area contributed by atoms with Gasteiger partial charge in [-0.2, -0.15) is 0 Å². The van der Waals surface area contributed by atoms with Gasteiger partial charge in [-0.15, -0.1) is 0 Å². The van der Waals surface area contributed by atoms with Gasteiger partial charge in [0.15, 0.2) is 0 Å². The molecule has 6 heteroatoms.